The van der Waals surface area contributed by atoms with E-state index in [-0.39, 0.29) is 60.4 Å². The zero-order valence-corrected chi connectivity index (χ0v) is 35.4. The van der Waals surface area contributed by atoms with E-state index in [1.807, 2.05) is 0 Å². The molecule has 0 spiro atoms. The normalized spacial score (nSPS) is 31.2. The number of hydrogen-bond acceptors (Lipinski definition) is 10. The Balaban J connectivity index is 0.000000202. The second kappa shape index (κ2) is 16.9. The van der Waals surface area contributed by atoms with Gasteiger partial charge in [-0.2, -0.15) is 0 Å². The first-order valence-corrected chi connectivity index (χ1v) is 20.1. The highest BCUT2D eigenvalue weighted by molar-refractivity contribution is 5.96. The maximum Gasteiger partial charge on any atom is 0.411 e. The molecule has 9 aliphatic rings. The number of carbonyl (C=O) groups is 7. The van der Waals surface area contributed by atoms with Crippen molar-refractivity contribution in [2.75, 3.05) is 0 Å². The summed E-state index contributed by atoms with van der Waals surface area (Å²) in [7, 11) is 0. The third-order valence-electron chi connectivity index (χ3n) is 11.2. The van der Waals surface area contributed by atoms with E-state index in [9.17, 15) is 38.7 Å². The topological polar surface area (TPSA) is 177 Å². The molecule has 3 amide bonds. The van der Waals surface area contributed by atoms with Crippen molar-refractivity contribution >= 4 is 41.6 Å². The molecule has 0 aromatic carbocycles. The van der Waals surface area contributed by atoms with Gasteiger partial charge in [-0.15, -0.1) is 0 Å². The minimum Gasteiger partial charge on any atom is -0.480 e. The lowest BCUT2D eigenvalue weighted by atomic mass is 9.71. The summed E-state index contributed by atoms with van der Waals surface area (Å²) in [5, 5.41) is 9.48. The van der Waals surface area contributed by atoms with Crippen LogP contribution in [0.1, 0.15) is 139 Å². The molecule has 9 rings (SSSR count). The van der Waals surface area contributed by atoms with Crippen molar-refractivity contribution in [3.63, 3.8) is 0 Å². The van der Waals surface area contributed by atoms with E-state index in [1.165, 1.54) is 23.6 Å². The first-order valence-electron chi connectivity index (χ1n) is 22.1. The summed E-state index contributed by atoms with van der Waals surface area (Å²) in [6.07, 6.45) is 4.01. The molecule has 0 aromatic heterocycles. The second-order valence-corrected chi connectivity index (χ2v) is 19.2. The predicted octanol–water partition coefficient (Wildman–Crippen LogP) is 7.27. The number of rotatable bonds is 3. The van der Waals surface area contributed by atoms with Gasteiger partial charge < -0.3 is 19.3 Å². The number of amides is 3. The molecule has 0 aromatic rings. The van der Waals surface area contributed by atoms with Crippen molar-refractivity contribution in [3.8, 4) is 0 Å². The maximum atomic E-state index is 12.4. The van der Waals surface area contributed by atoms with Gasteiger partial charge in [-0.1, -0.05) is 24.2 Å². The maximum absolute atomic E-state index is 12.4. The molecule has 14 nitrogen and oxygen atoms in total. The van der Waals surface area contributed by atoms with Crippen LogP contribution in [0, 0.1) is 17.8 Å². The smallest absolute Gasteiger partial charge is 0.411 e. The van der Waals surface area contributed by atoms with Crippen LogP contribution in [0.25, 0.3) is 0 Å². The van der Waals surface area contributed by atoms with E-state index >= 15 is 0 Å². The number of Topliss-reactive ketones (excluding diaryl/α,β-unsaturated/α-hetero) is 3. The number of aliphatic carboxylic acids is 1. The van der Waals surface area contributed by atoms with Crippen molar-refractivity contribution in [3.05, 3.63) is 24.2 Å². The van der Waals surface area contributed by atoms with Gasteiger partial charge >= 0.3 is 24.2 Å². The Kier molecular flexibility index (Phi) is 11.8. The molecular formula is C43H65N3O11. The molecule has 9 atom stereocenters. The molecule has 14 heteroatoms. The van der Waals surface area contributed by atoms with E-state index in [0.717, 1.165) is 19.3 Å². The minimum absolute atomic E-state index is 0.103. The third kappa shape index (κ3) is 10.6. The number of hydrogen-bond donors (Lipinski definition) is 1. The highest BCUT2D eigenvalue weighted by Gasteiger charge is 2.53. The summed E-state index contributed by atoms with van der Waals surface area (Å²) in [6.45, 7) is 18.4. The van der Waals surface area contributed by atoms with Crippen LogP contribution >= 0.6 is 0 Å². The Morgan fingerprint density at radius 3 is 1.19 bits per heavy atom. The fraction of sp³-hybridized carbons (Fsp3) is 0.744. The van der Waals surface area contributed by atoms with Crippen LogP contribution in [0.5, 0.6) is 0 Å². The molecule has 3 aliphatic carbocycles. The monoisotopic (exact) mass is 803 g/mol. The highest BCUT2D eigenvalue weighted by Crippen LogP contribution is 2.45. The Morgan fingerprint density at radius 2 is 0.877 bits per heavy atom. The average Bonchev–Trinajstić information content (AvgIpc) is 3.12. The predicted molar refractivity (Wildman–Crippen MR) is 211 cm³/mol. The highest BCUT2D eigenvalue weighted by atomic mass is 16.6. The van der Waals surface area contributed by atoms with Crippen LogP contribution in [0.4, 0.5) is 14.4 Å². The summed E-state index contributed by atoms with van der Waals surface area (Å²) in [4.78, 5) is 88.7. The number of carboxylic acid groups (broad SMARTS) is 1. The molecular weight excluding hydrogens is 734 g/mol. The molecule has 9 fully saturated rings. The summed E-state index contributed by atoms with van der Waals surface area (Å²) in [5.41, 5.74) is -0.654. The zero-order valence-electron chi connectivity index (χ0n) is 39.4. The van der Waals surface area contributed by atoms with Crippen LogP contribution in [-0.4, -0.2) is 114 Å². The van der Waals surface area contributed by atoms with Gasteiger partial charge in [0.2, 0.25) is 0 Å². The van der Waals surface area contributed by atoms with Crippen molar-refractivity contribution in [2.24, 2.45) is 17.8 Å². The quantitative estimate of drug-likeness (QED) is 0.224. The number of fused-ring (bicyclic) bond motifs is 9. The van der Waals surface area contributed by atoms with Gasteiger partial charge in [-0.25, -0.2) is 19.2 Å². The van der Waals surface area contributed by atoms with Crippen molar-refractivity contribution < 1.29 is 58.4 Å². The second-order valence-electron chi connectivity index (χ2n) is 19.2. The Bertz CT molecular complexity index is 1730. The lowest BCUT2D eigenvalue weighted by Gasteiger charge is -2.51. The molecule has 57 heavy (non-hydrogen) atoms. The minimum atomic E-state index is -1.10. The van der Waals surface area contributed by atoms with Crippen molar-refractivity contribution in [1.29, 1.82) is 0 Å². The van der Waals surface area contributed by atoms with Crippen molar-refractivity contribution in [1.82, 2.24) is 14.7 Å². The summed E-state index contributed by atoms with van der Waals surface area (Å²) >= 11 is 0. The molecule has 0 unspecified atom stereocenters. The number of carboxylic acids is 1. The molecule has 3 saturated carbocycles. The van der Waals surface area contributed by atoms with E-state index in [0.29, 0.717) is 49.7 Å². The lowest BCUT2D eigenvalue weighted by molar-refractivity contribution is -0.149. The van der Waals surface area contributed by atoms with Crippen molar-refractivity contribution in [2.45, 2.75) is 187 Å². The Labute approximate surface area is 343 Å². The first-order chi connectivity index (χ1) is 27.9. The van der Waals surface area contributed by atoms with Crippen LogP contribution in [0.2, 0.25) is 0 Å². The molecule has 6 aliphatic heterocycles. The van der Waals surface area contributed by atoms with Crippen LogP contribution in [0.15, 0.2) is 24.2 Å². The fourth-order valence-electron chi connectivity index (χ4n) is 9.11. The van der Waals surface area contributed by atoms with Crippen LogP contribution in [-0.2, 0) is 33.4 Å². The molecule has 6 bridgehead atoms. The van der Waals surface area contributed by atoms with E-state index in [2.05, 4.69) is 0 Å². The average molecular weight is 804 g/mol. The summed E-state index contributed by atoms with van der Waals surface area (Å²) in [6, 6.07) is -2.87. The standard InChI is InChI=1S/C15H23NO3.2C14H21NO4/c1-9-8-11-6-7-12(9)13(10(2)17)16(11)14(18)19-15(3,4)5;1-8(16)12-10-6-5-9(7-11(10)17)15(12)13(18)19-14(2,3)4;1-8-7-9-5-6-10(8)11(12(16)17)15(9)13(18)19-14(2,3)4/h11-13H,1,6-8H2,2-5H3;9-10,12H,5-7H2,1-4H3;9-11H,1,5-7H2,2-4H3,(H,16,17)/t11-,12+,13+;9-,10+,12+;9-,10+,11-/m000/s1/i1D2;;1D2. The SMILES string of the molecule is CC(=O)[C@@H]1[C@@H]2CC[C@@H](CC2=O)N1C(=O)OC(C)(C)C.[2H]C([2H])=C1C[C@@H]2CC[C@H]1[C@@H](C(=O)O)N2C(=O)OC(C)(C)C.[2H]C([2H])=C1C[C@@H]2CC[C@H]1[C@@H](C(C)=O)N2C(=O)OC(C)(C)C. The lowest BCUT2D eigenvalue weighted by Crippen LogP contribution is -2.63. The van der Waals surface area contributed by atoms with Gasteiger partial charge in [-0.3, -0.25) is 29.1 Å². The molecule has 318 valence electrons. The molecule has 6 saturated heterocycles. The van der Waals surface area contributed by atoms with Crippen LogP contribution in [0.3, 0.4) is 0 Å². The Morgan fingerprint density at radius 1 is 0.561 bits per heavy atom. The van der Waals surface area contributed by atoms with Gasteiger partial charge in [0.1, 0.15) is 40.7 Å². The zero-order chi connectivity index (χ0) is 46.3. The molecule has 6 heterocycles. The molecule has 1 N–H and O–H groups in total. The van der Waals surface area contributed by atoms with E-state index in [4.69, 9.17) is 19.7 Å². The summed E-state index contributed by atoms with van der Waals surface area (Å²) in [5.74, 6) is -2.22. The molecule has 0 radical (unpaired) electrons. The number of carbonyl (C=O) groups excluding carboxylic acids is 6. The Hall–Kier alpha value is -4.23. The van der Waals surface area contributed by atoms with E-state index < -0.39 is 65.1 Å². The number of piperidine rings is 6. The number of ketones is 3. The first kappa shape index (κ1) is 39.6. The van der Waals surface area contributed by atoms with Gasteiger partial charge in [-0.05, 0) is 128 Å². The number of nitrogens with zero attached hydrogens (tertiary/aromatic N) is 3. The fourth-order valence-corrected chi connectivity index (χ4v) is 9.11. The number of ether oxygens (including phenoxy) is 3. The summed E-state index contributed by atoms with van der Waals surface area (Å²) < 4.78 is 46.3. The van der Waals surface area contributed by atoms with E-state index in [1.54, 1.807) is 67.2 Å². The van der Waals surface area contributed by atoms with Gasteiger partial charge in [0.15, 0.2) is 11.6 Å². The third-order valence-corrected chi connectivity index (χ3v) is 11.2. The van der Waals surface area contributed by atoms with Crippen LogP contribution < -0.4 is 0 Å². The van der Waals surface area contributed by atoms with Gasteiger partial charge in [0.25, 0.3) is 0 Å². The van der Waals surface area contributed by atoms with Gasteiger partial charge in [0.05, 0.1) is 5.48 Å². The largest absolute Gasteiger partial charge is 0.480 e. The van der Waals surface area contributed by atoms with Gasteiger partial charge in [0, 0.05) is 42.3 Å².